The van der Waals surface area contributed by atoms with E-state index in [1.165, 1.54) is 14.2 Å². The molecule has 0 radical (unpaired) electrons. The normalized spacial score (nSPS) is 11.9. The summed E-state index contributed by atoms with van der Waals surface area (Å²) >= 11 is 3.76. The second-order valence-electron chi connectivity index (χ2n) is 2.38. The van der Waals surface area contributed by atoms with Gasteiger partial charge in [0.2, 0.25) is 5.12 Å². The van der Waals surface area contributed by atoms with Gasteiger partial charge in [0.15, 0.2) is 0 Å². The summed E-state index contributed by atoms with van der Waals surface area (Å²) in [7, 11) is 3.52. The summed E-state index contributed by atoms with van der Waals surface area (Å²) in [6.45, 7) is 0.384. The van der Waals surface area contributed by atoms with E-state index in [0.717, 1.165) is 10.8 Å². The molecule has 0 aliphatic carbocycles. The average Bonchev–Trinajstić information content (AvgIpc) is 2.22. The van der Waals surface area contributed by atoms with Gasteiger partial charge in [0.25, 0.3) is 0 Å². The zero-order valence-corrected chi connectivity index (χ0v) is 9.69. The van der Waals surface area contributed by atoms with E-state index in [1.54, 1.807) is 0 Å². The quantitative estimate of drug-likeness (QED) is 0.550. The van der Waals surface area contributed by atoms with Crippen LogP contribution in [-0.4, -0.2) is 38.1 Å². The predicted octanol–water partition coefficient (Wildman–Crippen LogP) is 0.852. The Balaban J connectivity index is 4.09. The van der Waals surface area contributed by atoms with Crippen molar-refractivity contribution < 1.29 is 19.1 Å². The van der Waals surface area contributed by atoms with E-state index in [0.29, 0.717) is 13.0 Å². The lowest BCUT2D eigenvalue weighted by atomic mass is 10.2. The molecule has 0 heterocycles. The maximum atomic E-state index is 11.2. The van der Waals surface area contributed by atoms with Crippen LogP contribution in [-0.2, 0) is 14.3 Å². The van der Waals surface area contributed by atoms with Gasteiger partial charge in [-0.15, -0.1) is 11.7 Å². The van der Waals surface area contributed by atoms with Crippen molar-refractivity contribution in [1.29, 1.82) is 0 Å². The molecule has 0 rings (SSSR count). The van der Waals surface area contributed by atoms with Crippen LogP contribution in [0.25, 0.3) is 0 Å². The van der Waals surface area contributed by atoms with Crippen LogP contribution in [0.15, 0.2) is 0 Å². The summed E-state index contributed by atoms with van der Waals surface area (Å²) < 4.78 is 9.18. The van der Waals surface area contributed by atoms with Crippen molar-refractivity contribution in [3.8, 4) is 0 Å². The Kier molecular flexibility index (Phi) is 7.73. The van der Waals surface area contributed by atoms with E-state index in [2.05, 4.69) is 21.7 Å². The molecule has 14 heavy (non-hydrogen) atoms. The molecular weight excluding hydrogens is 226 g/mol. The van der Waals surface area contributed by atoms with Gasteiger partial charge in [0.05, 0.1) is 7.11 Å². The average molecular weight is 239 g/mol. The summed E-state index contributed by atoms with van der Waals surface area (Å²) in [5.74, 6) is 0. The van der Waals surface area contributed by atoms with Gasteiger partial charge in [-0.25, -0.2) is 4.79 Å². The van der Waals surface area contributed by atoms with Gasteiger partial charge in [0.1, 0.15) is 6.04 Å². The lowest BCUT2D eigenvalue weighted by molar-refractivity contribution is -0.112. The van der Waals surface area contributed by atoms with Crippen LogP contribution in [0, 0.1) is 0 Å². The van der Waals surface area contributed by atoms with E-state index in [1.807, 2.05) is 0 Å². The number of alkyl carbamates (subject to hydrolysis) is 1. The van der Waals surface area contributed by atoms with Gasteiger partial charge in [-0.3, -0.25) is 4.79 Å². The van der Waals surface area contributed by atoms with E-state index in [4.69, 9.17) is 4.74 Å². The molecule has 82 valence electrons. The molecule has 5 nitrogen and oxygen atoms in total. The molecule has 0 bridgehead atoms. The highest BCUT2D eigenvalue weighted by molar-refractivity contribution is 8.74. The van der Waals surface area contributed by atoms with Gasteiger partial charge in [-0.1, -0.05) is 0 Å². The van der Waals surface area contributed by atoms with Crippen molar-refractivity contribution in [1.82, 2.24) is 5.32 Å². The van der Waals surface area contributed by atoms with Gasteiger partial charge >= 0.3 is 6.09 Å². The molecule has 0 saturated carbocycles. The summed E-state index contributed by atoms with van der Waals surface area (Å²) in [5.41, 5.74) is 0. The van der Waals surface area contributed by atoms with Crippen LogP contribution in [0.5, 0.6) is 0 Å². The monoisotopic (exact) mass is 239 g/mol. The first-order valence-electron chi connectivity index (χ1n) is 3.84. The highest BCUT2D eigenvalue weighted by atomic mass is 33.1. The fraction of sp³-hybridized carbons (Fsp3) is 0.714. The standard InChI is InChI=1S/C7H13NO4S2/c1-11-4-3-5(6(9)14-13)8-7(10)12-2/h5,13H,3-4H2,1-2H3,(H,8,10)/t5-/m1/s1. The number of amides is 1. The lowest BCUT2D eigenvalue weighted by Gasteiger charge is -2.14. The molecule has 0 aliphatic heterocycles. The fourth-order valence-electron chi connectivity index (χ4n) is 0.749. The van der Waals surface area contributed by atoms with E-state index >= 15 is 0 Å². The maximum Gasteiger partial charge on any atom is 0.407 e. The van der Waals surface area contributed by atoms with Gasteiger partial charge in [-0.05, 0) is 17.2 Å². The third kappa shape index (κ3) is 5.36. The van der Waals surface area contributed by atoms with E-state index in [-0.39, 0.29) is 5.12 Å². The topological polar surface area (TPSA) is 64.6 Å². The number of methoxy groups -OCH3 is 2. The molecular formula is C7H13NO4S2. The molecule has 1 atom stereocenters. The Morgan fingerprint density at radius 3 is 2.57 bits per heavy atom. The van der Waals surface area contributed by atoms with Crippen LogP contribution in [0.3, 0.4) is 0 Å². The van der Waals surface area contributed by atoms with Crippen molar-refractivity contribution >= 4 is 33.7 Å². The minimum atomic E-state index is -0.637. The summed E-state index contributed by atoms with van der Waals surface area (Å²) in [5, 5.41) is 2.15. The largest absolute Gasteiger partial charge is 0.453 e. The van der Waals surface area contributed by atoms with Crippen LogP contribution in [0.4, 0.5) is 4.79 Å². The molecule has 0 aromatic carbocycles. The zero-order valence-electron chi connectivity index (χ0n) is 7.98. The third-order valence-corrected chi connectivity index (χ3v) is 2.47. The third-order valence-electron chi connectivity index (χ3n) is 1.46. The lowest BCUT2D eigenvalue weighted by Crippen LogP contribution is -2.40. The van der Waals surface area contributed by atoms with Crippen LogP contribution in [0.1, 0.15) is 6.42 Å². The minimum Gasteiger partial charge on any atom is -0.453 e. The second kappa shape index (κ2) is 7.95. The number of thiol groups is 1. The maximum absolute atomic E-state index is 11.2. The molecule has 0 unspecified atom stereocenters. The Hall–Kier alpha value is -0.400. The van der Waals surface area contributed by atoms with E-state index < -0.39 is 12.1 Å². The second-order valence-corrected chi connectivity index (χ2v) is 3.51. The predicted molar refractivity (Wildman–Crippen MR) is 57.4 cm³/mol. The van der Waals surface area contributed by atoms with Crippen molar-refractivity contribution in [2.24, 2.45) is 0 Å². The van der Waals surface area contributed by atoms with E-state index in [9.17, 15) is 9.59 Å². The van der Waals surface area contributed by atoms with Crippen molar-refractivity contribution in [2.45, 2.75) is 12.5 Å². The number of nitrogens with one attached hydrogen (secondary N) is 1. The number of carbonyl (C=O) groups is 2. The molecule has 0 aromatic rings. The molecule has 1 N–H and O–H groups in total. The minimum absolute atomic E-state index is 0.240. The number of hydrogen-bond acceptors (Lipinski definition) is 6. The van der Waals surface area contributed by atoms with Crippen LogP contribution in [0.2, 0.25) is 0 Å². The number of ether oxygens (including phenoxy) is 2. The Labute approximate surface area is 91.7 Å². The summed E-state index contributed by atoms with van der Waals surface area (Å²) in [6, 6.07) is -0.620. The van der Waals surface area contributed by atoms with Gasteiger partial charge in [-0.2, -0.15) is 0 Å². The highest BCUT2D eigenvalue weighted by Gasteiger charge is 2.20. The van der Waals surface area contributed by atoms with Crippen molar-refractivity contribution in [3.63, 3.8) is 0 Å². The SMILES string of the molecule is COCC[C@@H](NC(=O)OC)C(=O)SS. The summed E-state index contributed by atoms with van der Waals surface area (Å²) in [6.07, 6.45) is -0.236. The van der Waals surface area contributed by atoms with Crippen LogP contribution >= 0.6 is 22.5 Å². The molecule has 7 heteroatoms. The molecule has 0 fully saturated rings. The van der Waals surface area contributed by atoms with Crippen LogP contribution < -0.4 is 5.32 Å². The fourth-order valence-corrected chi connectivity index (χ4v) is 1.44. The van der Waals surface area contributed by atoms with Crippen molar-refractivity contribution in [2.75, 3.05) is 20.8 Å². The van der Waals surface area contributed by atoms with Gasteiger partial charge in [0, 0.05) is 13.7 Å². The van der Waals surface area contributed by atoms with Gasteiger partial charge < -0.3 is 14.8 Å². The highest BCUT2D eigenvalue weighted by Crippen LogP contribution is 2.12. The number of carbonyl (C=O) groups excluding carboxylic acids is 2. The molecule has 0 saturated heterocycles. The Bertz CT molecular complexity index is 200. The first-order valence-corrected chi connectivity index (χ1v) is 5.71. The molecule has 0 aromatic heterocycles. The summed E-state index contributed by atoms with van der Waals surface area (Å²) in [4.78, 5) is 22.1. The zero-order chi connectivity index (χ0) is 11.0. The molecule has 0 aliphatic rings. The smallest absolute Gasteiger partial charge is 0.407 e. The first kappa shape index (κ1) is 13.6. The van der Waals surface area contributed by atoms with Crippen molar-refractivity contribution in [3.05, 3.63) is 0 Å². The molecule has 0 spiro atoms. The Morgan fingerprint density at radius 2 is 2.14 bits per heavy atom. The Morgan fingerprint density at radius 1 is 1.50 bits per heavy atom. The number of hydrogen-bond donors (Lipinski definition) is 2. The number of rotatable bonds is 5. The molecule has 1 amide bonds. The first-order chi connectivity index (χ1) is 6.65.